The first kappa shape index (κ1) is 25.4. The summed E-state index contributed by atoms with van der Waals surface area (Å²) in [4.78, 5) is 54.0. The lowest BCUT2D eigenvalue weighted by atomic mass is 9.83. The molecule has 0 spiro atoms. The quantitative estimate of drug-likeness (QED) is 0.339. The Bertz CT molecular complexity index is 1520. The molecule has 8 heteroatoms. The van der Waals surface area contributed by atoms with Gasteiger partial charge >= 0.3 is 11.9 Å². The molecule has 0 saturated carbocycles. The summed E-state index contributed by atoms with van der Waals surface area (Å²) in [6.45, 7) is 1.75. The number of benzene rings is 2. The number of rotatable bonds is 1. The van der Waals surface area contributed by atoms with Crippen LogP contribution in [0.4, 0.5) is 0 Å². The van der Waals surface area contributed by atoms with Crippen LogP contribution in [0.2, 0.25) is 0 Å². The van der Waals surface area contributed by atoms with Crippen LogP contribution in [0.25, 0.3) is 17.0 Å². The van der Waals surface area contributed by atoms with Crippen molar-refractivity contribution in [3.8, 4) is 11.5 Å². The van der Waals surface area contributed by atoms with E-state index in [-0.39, 0.29) is 40.4 Å². The average Bonchev–Trinajstić information content (AvgIpc) is 2.87. The molecule has 38 heavy (non-hydrogen) atoms. The van der Waals surface area contributed by atoms with Gasteiger partial charge in [0.2, 0.25) is 0 Å². The Hall–Kier alpha value is -4.20. The molecule has 0 aliphatic carbocycles. The first-order valence-corrected chi connectivity index (χ1v) is 12.9. The van der Waals surface area contributed by atoms with Crippen molar-refractivity contribution in [3.05, 3.63) is 75.1 Å². The van der Waals surface area contributed by atoms with E-state index in [0.717, 1.165) is 5.39 Å². The summed E-state index contributed by atoms with van der Waals surface area (Å²) in [5, 5.41) is 12.3. The Kier molecular flexibility index (Phi) is 7.13. The highest BCUT2D eigenvalue weighted by Gasteiger charge is 2.36. The van der Waals surface area contributed by atoms with Gasteiger partial charge in [0.25, 0.3) is 5.56 Å². The maximum absolute atomic E-state index is 13.3. The van der Waals surface area contributed by atoms with Crippen LogP contribution in [0.5, 0.6) is 11.5 Å². The lowest BCUT2D eigenvalue weighted by Gasteiger charge is -2.27. The van der Waals surface area contributed by atoms with Gasteiger partial charge in [0.05, 0.1) is 12.5 Å². The molecule has 2 aliphatic rings. The fraction of sp³-hybridized carbons (Fsp3) is 0.333. The number of phenols is 1. The number of carbonyl (C=O) groups is 3. The van der Waals surface area contributed by atoms with Crippen LogP contribution < -0.4 is 10.3 Å². The molecule has 3 heterocycles. The highest BCUT2D eigenvalue weighted by Crippen LogP contribution is 2.46. The normalized spacial score (nSPS) is 21.6. The second kappa shape index (κ2) is 10.7. The predicted octanol–water partition coefficient (Wildman–Crippen LogP) is 5.16. The van der Waals surface area contributed by atoms with Crippen molar-refractivity contribution < 1.29 is 29.0 Å². The van der Waals surface area contributed by atoms with Crippen LogP contribution in [-0.4, -0.2) is 33.9 Å². The molecule has 1 aromatic heterocycles. The van der Waals surface area contributed by atoms with E-state index in [0.29, 0.717) is 55.2 Å². The standard InChI is InChI=1S/C30H29NO7/c1-17-8-7-12-20(32)11-4-2-3-10-19-15-24-27(28(34)26(19)30(36)37-17)21(16-25(33)38-24)22-14-18-9-5-6-13-23(18)31-29(22)35/h3,5-6,9-10,13-15,17,21,34H,2,4,7-8,11-12,16H2,1H3,(H,31,35)/b10-3+. The van der Waals surface area contributed by atoms with Gasteiger partial charge in [-0.1, -0.05) is 30.4 Å². The first-order chi connectivity index (χ1) is 18.3. The topological polar surface area (TPSA) is 123 Å². The monoisotopic (exact) mass is 515 g/mol. The van der Waals surface area contributed by atoms with Gasteiger partial charge in [-0.25, -0.2) is 4.79 Å². The molecule has 0 saturated heterocycles. The zero-order valence-electron chi connectivity index (χ0n) is 21.1. The van der Waals surface area contributed by atoms with Crippen molar-refractivity contribution in [1.29, 1.82) is 0 Å². The number of hydrogen-bond donors (Lipinski definition) is 2. The number of cyclic esters (lactones) is 1. The Labute approximate surface area is 219 Å². The lowest BCUT2D eigenvalue weighted by Crippen LogP contribution is -2.27. The van der Waals surface area contributed by atoms with E-state index in [1.165, 1.54) is 6.07 Å². The third-order valence-corrected chi connectivity index (χ3v) is 7.14. The van der Waals surface area contributed by atoms with Crippen LogP contribution in [-0.2, 0) is 14.3 Å². The fourth-order valence-electron chi connectivity index (χ4n) is 5.21. The number of aromatic nitrogens is 1. The molecule has 8 nitrogen and oxygen atoms in total. The van der Waals surface area contributed by atoms with E-state index < -0.39 is 24.0 Å². The van der Waals surface area contributed by atoms with Crippen molar-refractivity contribution in [2.75, 3.05) is 0 Å². The van der Waals surface area contributed by atoms with Crippen LogP contribution in [0.3, 0.4) is 0 Å². The van der Waals surface area contributed by atoms with E-state index in [4.69, 9.17) is 9.47 Å². The minimum absolute atomic E-state index is 0.0415. The van der Waals surface area contributed by atoms with Gasteiger partial charge in [0.15, 0.2) is 0 Å². The van der Waals surface area contributed by atoms with E-state index in [1.807, 2.05) is 24.3 Å². The highest BCUT2D eigenvalue weighted by molar-refractivity contribution is 5.98. The van der Waals surface area contributed by atoms with Crippen molar-refractivity contribution >= 4 is 34.7 Å². The predicted molar refractivity (Wildman–Crippen MR) is 141 cm³/mol. The lowest BCUT2D eigenvalue weighted by molar-refractivity contribution is -0.135. The summed E-state index contributed by atoms with van der Waals surface area (Å²) in [7, 11) is 0. The Morgan fingerprint density at radius 3 is 2.66 bits per heavy atom. The molecule has 196 valence electrons. The number of esters is 2. The maximum atomic E-state index is 13.3. The fourth-order valence-corrected chi connectivity index (χ4v) is 5.21. The smallest absolute Gasteiger partial charge is 0.342 e. The number of nitrogens with one attached hydrogen (secondary N) is 1. The van der Waals surface area contributed by atoms with Crippen molar-refractivity contribution in [3.63, 3.8) is 0 Å². The number of carbonyl (C=O) groups excluding carboxylic acids is 3. The summed E-state index contributed by atoms with van der Waals surface area (Å²) in [6.07, 6.45) is 6.14. The average molecular weight is 516 g/mol. The molecule has 2 atom stereocenters. The molecule has 0 radical (unpaired) electrons. The first-order valence-electron chi connectivity index (χ1n) is 12.9. The minimum Gasteiger partial charge on any atom is -0.507 e. The summed E-state index contributed by atoms with van der Waals surface area (Å²) in [6, 6.07) is 10.5. The Morgan fingerprint density at radius 1 is 1.03 bits per heavy atom. The van der Waals surface area contributed by atoms with Crippen LogP contribution in [0.1, 0.15) is 84.8 Å². The number of Topliss-reactive ketones (excluding diaryl/α,β-unsaturated/α-hetero) is 1. The molecule has 2 N–H and O–H groups in total. The van der Waals surface area contributed by atoms with Crippen molar-refractivity contribution in [2.45, 2.75) is 63.9 Å². The summed E-state index contributed by atoms with van der Waals surface area (Å²) in [5.74, 6) is -2.18. The zero-order valence-corrected chi connectivity index (χ0v) is 21.1. The third kappa shape index (κ3) is 5.11. The van der Waals surface area contributed by atoms with Gasteiger partial charge < -0.3 is 19.6 Å². The second-order valence-corrected chi connectivity index (χ2v) is 9.91. The number of phenolic OH excluding ortho intramolecular Hbond substituents is 1. The van der Waals surface area contributed by atoms with Crippen LogP contribution >= 0.6 is 0 Å². The van der Waals surface area contributed by atoms with Gasteiger partial charge in [-0.05, 0) is 61.8 Å². The number of ether oxygens (including phenoxy) is 2. The van der Waals surface area contributed by atoms with Crippen LogP contribution in [0.15, 0.2) is 47.3 Å². The van der Waals surface area contributed by atoms with Crippen molar-refractivity contribution in [1.82, 2.24) is 4.98 Å². The summed E-state index contributed by atoms with van der Waals surface area (Å²) < 4.78 is 11.1. The molecule has 0 fully saturated rings. The highest BCUT2D eigenvalue weighted by atomic mass is 16.5. The van der Waals surface area contributed by atoms with E-state index in [1.54, 1.807) is 25.1 Å². The van der Waals surface area contributed by atoms with Gasteiger partial charge in [-0.3, -0.25) is 14.4 Å². The minimum atomic E-state index is -0.821. The number of ketones is 1. The van der Waals surface area contributed by atoms with E-state index in [2.05, 4.69) is 4.98 Å². The third-order valence-electron chi connectivity index (χ3n) is 7.14. The second-order valence-electron chi connectivity index (χ2n) is 9.91. The molecule has 2 unspecified atom stereocenters. The summed E-state index contributed by atoms with van der Waals surface area (Å²) in [5.41, 5.74) is 1.05. The SMILES string of the molecule is CC1CCCC(=O)CCC/C=C/c2cc3c(c(O)c2C(=O)O1)C(c1cc2ccccc2[nH]c1=O)CC(=O)O3. The number of hydrogen-bond acceptors (Lipinski definition) is 7. The number of para-hydroxylation sites is 1. The molecule has 0 amide bonds. The number of allylic oxidation sites excluding steroid dienone is 1. The largest absolute Gasteiger partial charge is 0.507 e. The van der Waals surface area contributed by atoms with Crippen LogP contribution in [0, 0.1) is 0 Å². The molecular weight excluding hydrogens is 486 g/mol. The van der Waals surface area contributed by atoms with Crippen molar-refractivity contribution in [2.24, 2.45) is 0 Å². The molecule has 2 aromatic carbocycles. The molecule has 2 aliphatic heterocycles. The Balaban J connectivity index is 1.64. The van der Waals surface area contributed by atoms with E-state index >= 15 is 0 Å². The molecule has 0 bridgehead atoms. The Morgan fingerprint density at radius 2 is 1.82 bits per heavy atom. The van der Waals surface area contributed by atoms with Gasteiger partial charge in [-0.2, -0.15) is 0 Å². The number of pyridine rings is 1. The van der Waals surface area contributed by atoms with Gasteiger partial charge in [-0.15, -0.1) is 0 Å². The number of fused-ring (bicyclic) bond motifs is 3. The molecular formula is C30H29NO7. The number of H-pyrrole nitrogens is 1. The molecule has 5 rings (SSSR count). The van der Waals surface area contributed by atoms with Gasteiger partial charge in [0.1, 0.15) is 22.8 Å². The van der Waals surface area contributed by atoms with Gasteiger partial charge in [0, 0.05) is 35.4 Å². The maximum Gasteiger partial charge on any atom is 0.342 e. The zero-order chi connectivity index (χ0) is 26.8. The molecule has 3 aromatic rings. The summed E-state index contributed by atoms with van der Waals surface area (Å²) >= 11 is 0. The number of aromatic hydroxyl groups is 1. The van der Waals surface area contributed by atoms with E-state index in [9.17, 15) is 24.3 Å². The number of aromatic amines is 1.